The summed E-state index contributed by atoms with van der Waals surface area (Å²) in [6.45, 7) is -0.285. The Labute approximate surface area is 36.3 Å². The summed E-state index contributed by atoms with van der Waals surface area (Å²) in [5.74, 6) is 0. The van der Waals surface area contributed by atoms with Gasteiger partial charge in [-0.1, -0.05) is 0 Å². The van der Waals surface area contributed by atoms with Crippen molar-refractivity contribution in [3.8, 4) is 0 Å². The van der Waals surface area contributed by atoms with Crippen LogP contribution in [0, 0.1) is 0 Å². The lowest BCUT2D eigenvalue weighted by Crippen LogP contribution is -2.31. The Balaban J connectivity index is 2.75. The summed E-state index contributed by atoms with van der Waals surface area (Å²) in [6, 6.07) is -0.454. The molecule has 0 amide bonds. The van der Waals surface area contributed by atoms with Crippen molar-refractivity contribution >= 4 is 0 Å². The molecule has 0 fully saturated rings. The van der Waals surface area contributed by atoms with Crippen molar-refractivity contribution in [2.75, 3.05) is 13.2 Å². The van der Waals surface area contributed by atoms with Crippen molar-refractivity contribution in [3.63, 3.8) is 0 Å². The largest absolute Gasteiger partial charge is 0.329 e. The number of alkyl halides is 1. The first-order valence-electron chi connectivity index (χ1n) is 1.83. The van der Waals surface area contributed by atoms with Crippen LogP contribution in [-0.2, 0) is 0 Å². The molecule has 0 heterocycles. The standard InChI is InChI=1S/C3H9FN2/c4-1-3(6)2-5/h3H,1-2,5-6H2/t3-/m0/s1. The van der Waals surface area contributed by atoms with E-state index in [-0.39, 0.29) is 6.54 Å². The van der Waals surface area contributed by atoms with Crippen molar-refractivity contribution in [1.82, 2.24) is 0 Å². The molecule has 4 N–H and O–H groups in total. The quantitative estimate of drug-likeness (QED) is 0.470. The molecule has 0 unspecified atom stereocenters. The second-order valence-electron chi connectivity index (χ2n) is 1.15. The van der Waals surface area contributed by atoms with Crippen LogP contribution < -0.4 is 11.5 Å². The van der Waals surface area contributed by atoms with Gasteiger partial charge >= 0.3 is 0 Å². The second kappa shape index (κ2) is 3.06. The number of hydrogen-bond acceptors (Lipinski definition) is 2. The molecule has 0 rings (SSSR count). The summed E-state index contributed by atoms with van der Waals surface area (Å²) in [4.78, 5) is 0. The number of hydrogen-bond donors (Lipinski definition) is 2. The molecular formula is C3H9FN2. The molecule has 0 aliphatic heterocycles. The molecule has 0 aromatic heterocycles. The third kappa shape index (κ3) is 2.11. The number of halogens is 1. The van der Waals surface area contributed by atoms with Crippen LogP contribution in [-0.4, -0.2) is 19.3 Å². The fourth-order valence-corrected chi connectivity index (χ4v) is 0.0630. The molecule has 2 nitrogen and oxygen atoms in total. The van der Waals surface area contributed by atoms with E-state index in [4.69, 9.17) is 11.5 Å². The fraction of sp³-hybridized carbons (Fsp3) is 1.00. The fourth-order valence-electron chi connectivity index (χ4n) is 0.0630. The maximum Gasteiger partial charge on any atom is 0.106 e. The van der Waals surface area contributed by atoms with E-state index in [1.54, 1.807) is 0 Å². The van der Waals surface area contributed by atoms with Crippen LogP contribution in [0.4, 0.5) is 4.39 Å². The lowest BCUT2D eigenvalue weighted by Gasteiger charge is -1.97. The minimum Gasteiger partial charge on any atom is -0.329 e. The molecule has 1 atom stereocenters. The maximum atomic E-state index is 11.2. The molecule has 0 aromatic rings. The van der Waals surface area contributed by atoms with E-state index in [2.05, 4.69) is 0 Å². The molecule has 0 bridgehead atoms. The molecule has 0 aromatic carbocycles. The molecule has 3 heteroatoms. The van der Waals surface area contributed by atoms with E-state index < -0.39 is 12.7 Å². The van der Waals surface area contributed by atoms with E-state index in [1.165, 1.54) is 0 Å². The summed E-state index contributed by atoms with van der Waals surface area (Å²) in [5.41, 5.74) is 9.89. The van der Waals surface area contributed by atoms with Crippen LogP contribution in [0.2, 0.25) is 0 Å². The van der Waals surface area contributed by atoms with Gasteiger partial charge in [-0.3, -0.25) is 0 Å². The van der Waals surface area contributed by atoms with Gasteiger partial charge < -0.3 is 11.5 Å². The highest BCUT2D eigenvalue weighted by Gasteiger charge is 1.92. The molecule has 0 saturated carbocycles. The van der Waals surface area contributed by atoms with E-state index in [0.29, 0.717) is 0 Å². The van der Waals surface area contributed by atoms with E-state index in [1.807, 2.05) is 0 Å². The molecule has 38 valence electrons. The van der Waals surface area contributed by atoms with Crippen LogP contribution in [0.1, 0.15) is 0 Å². The second-order valence-corrected chi connectivity index (χ2v) is 1.15. The Morgan fingerprint density at radius 1 is 1.67 bits per heavy atom. The molecule has 0 spiro atoms. The predicted molar refractivity (Wildman–Crippen MR) is 23.0 cm³/mol. The third-order valence-electron chi connectivity index (χ3n) is 0.501. The van der Waals surface area contributed by atoms with Crippen molar-refractivity contribution in [2.24, 2.45) is 11.5 Å². The molecule has 0 aliphatic carbocycles. The maximum absolute atomic E-state index is 11.2. The van der Waals surface area contributed by atoms with Gasteiger partial charge in [0.1, 0.15) is 6.67 Å². The Bertz CT molecular complexity index is 28.0. The Morgan fingerprint density at radius 3 is 2.17 bits per heavy atom. The van der Waals surface area contributed by atoms with Crippen molar-refractivity contribution in [1.29, 1.82) is 0 Å². The van der Waals surface area contributed by atoms with Gasteiger partial charge in [-0.2, -0.15) is 0 Å². The highest BCUT2D eigenvalue weighted by Crippen LogP contribution is 1.70. The van der Waals surface area contributed by atoms with Gasteiger partial charge in [0.25, 0.3) is 0 Å². The summed E-state index contributed by atoms with van der Waals surface area (Å²) in [5, 5.41) is 0. The van der Waals surface area contributed by atoms with Crippen molar-refractivity contribution < 1.29 is 4.39 Å². The van der Waals surface area contributed by atoms with Gasteiger partial charge in [-0.05, 0) is 0 Å². The zero-order valence-electron chi connectivity index (χ0n) is 3.52. The topological polar surface area (TPSA) is 52.0 Å². The van der Waals surface area contributed by atoms with Gasteiger partial charge in [0.05, 0.1) is 0 Å². The Kier molecular flexibility index (Phi) is 2.98. The summed E-state index contributed by atoms with van der Waals surface area (Å²) in [7, 11) is 0. The minimum absolute atomic E-state index is 0.233. The SMILES string of the molecule is NC[C@@H](N)CF. The number of nitrogens with two attached hydrogens (primary N) is 2. The van der Waals surface area contributed by atoms with Gasteiger partial charge in [0.15, 0.2) is 0 Å². The summed E-state index contributed by atoms with van der Waals surface area (Å²) < 4.78 is 11.2. The molecule has 6 heavy (non-hydrogen) atoms. The first kappa shape index (κ1) is 5.85. The predicted octanol–water partition coefficient (Wildman–Crippen LogP) is -0.758. The first-order valence-corrected chi connectivity index (χ1v) is 1.83. The van der Waals surface area contributed by atoms with Crippen LogP contribution >= 0.6 is 0 Å². The zero-order chi connectivity index (χ0) is 4.99. The highest BCUT2D eigenvalue weighted by molar-refractivity contribution is 4.56. The van der Waals surface area contributed by atoms with Crippen LogP contribution in [0.15, 0.2) is 0 Å². The molecular weight excluding hydrogens is 83.0 g/mol. The number of rotatable bonds is 2. The van der Waals surface area contributed by atoms with Crippen LogP contribution in [0.5, 0.6) is 0 Å². The van der Waals surface area contributed by atoms with Crippen LogP contribution in [0.3, 0.4) is 0 Å². The van der Waals surface area contributed by atoms with E-state index in [9.17, 15) is 4.39 Å². The lowest BCUT2D eigenvalue weighted by molar-refractivity contribution is 0.433. The molecule has 0 saturated heterocycles. The minimum atomic E-state index is -0.517. The van der Waals surface area contributed by atoms with Gasteiger partial charge in [-0.15, -0.1) is 0 Å². The average Bonchev–Trinajstić information content (AvgIpc) is 1.65. The van der Waals surface area contributed by atoms with Crippen LogP contribution in [0.25, 0.3) is 0 Å². The highest BCUT2D eigenvalue weighted by atomic mass is 19.1. The average molecular weight is 92.1 g/mol. The van der Waals surface area contributed by atoms with Gasteiger partial charge in [0.2, 0.25) is 0 Å². The van der Waals surface area contributed by atoms with Crippen molar-refractivity contribution in [2.45, 2.75) is 6.04 Å². The lowest BCUT2D eigenvalue weighted by atomic mass is 10.4. The molecule has 0 radical (unpaired) electrons. The van der Waals surface area contributed by atoms with Crippen molar-refractivity contribution in [3.05, 3.63) is 0 Å². The Hall–Kier alpha value is -0.150. The van der Waals surface area contributed by atoms with Gasteiger partial charge in [0, 0.05) is 12.6 Å². The first-order chi connectivity index (χ1) is 2.81. The van der Waals surface area contributed by atoms with E-state index >= 15 is 0 Å². The Morgan fingerprint density at radius 2 is 2.17 bits per heavy atom. The van der Waals surface area contributed by atoms with E-state index in [0.717, 1.165) is 0 Å². The normalized spacial score (nSPS) is 14.5. The zero-order valence-corrected chi connectivity index (χ0v) is 3.52. The summed E-state index contributed by atoms with van der Waals surface area (Å²) >= 11 is 0. The van der Waals surface area contributed by atoms with Gasteiger partial charge in [-0.25, -0.2) is 4.39 Å². The summed E-state index contributed by atoms with van der Waals surface area (Å²) in [6.07, 6.45) is 0. The monoisotopic (exact) mass is 92.1 g/mol. The molecule has 0 aliphatic rings. The smallest absolute Gasteiger partial charge is 0.106 e. The third-order valence-corrected chi connectivity index (χ3v) is 0.501.